The van der Waals surface area contributed by atoms with Crippen LogP contribution in [0.2, 0.25) is 5.02 Å². The number of aromatic nitrogens is 1. The number of aryl methyl sites for hydroxylation is 2. The Morgan fingerprint density at radius 1 is 1.12 bits per heavy atom. The van der Waals surface area contributed by atoms with E-state index >= 15 is 0 Å². The number of ketones is 1. The standard InChI is InChI=1S/C32H35ClN4O3/c1-21-6-5-7-23(16-21)22(2)29(8-3-4-9-32(39)40)36-30-17-24(10-13-28(30)34)31(38)20-37-19-27(37)12-11-26-18-25(33)14-15-35-26/h5-7,10,13-18,27H,2-4,8-9,11-12,19-20,34H2,1H3,(H,39,40). The molecule has 2 unspecified atom stereocenters. The van der Waals surface area contributed by atoms with Gasteiger partial charge in [0.25, 0.3) is 0 Å². The first-order chi connectivity index (χ1) is 19.2. The molecule has 7 nitrogen and oxygen atoms in total. The molecule has 3 aromatic rings. The van der Waals surface area contributed by atoms with Crippen molar-refractivity contribution in [2.45, 2.75) is 51.5 Å². The van der Waals surface area contributed by atoms with Gasteiger partial charge in [-0.2, -0.15) is 0 Å². The number of aliphatic imine (C=N–C) groups is 1. The summed E-state index contributed by atoms with van der Waals surface area (Å²) in [5, 5.41) is 9.70. The molecule has 0 amide bonds. The van der Waals surface area contributed by atoms with Gasteiger partial charge in [0.05, 0.1) is 17.9 Å². The number of benzene rings is 2. The van der Waals surface area contributed by atoms with Crippen molar-refractivity contribution in [3.63, 3.8) is 0 Å². The fourth-order valence-corrected chi connectivity index (χ4v) is 4.85. The lowest BCUT2D eigenvalue weighted by molar-refractivity contribution is -0.137. The summed E-state index contributed by atoms with van der Waals surface area (Å²) in [4.78, 5) is 35.5. The number of anilines is 1. The Morgan fingerprint density at radius 3 is 2.67 bits per heavy atom. The van der Waals surface area contributed by atoms with Crippen molar-refractivity contribution in [2.24, 2.45) is 4.99 Å². The number of halogens is 1. The number of carboxylic acids is 1. The number of hydrogen-bond donors (Lipinski definition) is 2. The number of carboxylic acid groups (broad SMARTS) is 1. The van der Waals surface area contributed by atoms with E-state index in [0.29, 0.717) is 53.8 Å². The highest BCUT2D eigenvalue weighted by Gasteiger charge is 2.35. The molecular formula is C32H35ClN4O3. The lowest BCUT2D eigenvalue weighted by Crippen LogP contribution is -2.15. The summed E-state index contributed by atoms with van der Waals surface area (Å²) in [6.07, 6.45) is 5.28. The SMILES string of the molecule is C=C(C(CCCCC(=O)O)=Nc1cc(C(=O)CN2CC2CCc2cc(Cl)ccn2)ccc1N)c1cccc(C)c1. The maximum atomic E-state index is 13.1. The second-order valence-electron chi connectivity index (χ2n) is 10.3. The largest absolute Gasteiger partial charge is 0.481 e. The van der Waals surface area contributed by atoms with E-state index < -0.39 is 5.97 Å². The molecule has 8 heteroatoms. The molecule has 1 aliphatic heterocycles. The van der Waals surface area contributed by atoms with Crippen LogP contribution in [0.1, 0.15) is 59.3 Å². The van der Waals surface area contributed by atoms with Gasteiger partial charge in [-0.1, -0.05) is 48.0 Å². The number of allylic oxidation sites excluding steroid dienone is 1. The lowest BCUT2D eigenvalue weighted by Gasteiger charge is -2.13. The average molecular weight is 559 g/mol. The van der Waals surface area contributed by atoms with Crippen molar-refractivity contribution >= 4 is 46.0 Å². The van der Waals surface area contributed by atoms with Crippen molar-refractivity contribution in [3.8, 4) is 0 Å². The number of Topliss-reactive ketones (excluding diaryl/α,β-unsaturated/α-hetero) is 1. The smallest absolute Gasteiger partial charge is 0.303 e. The number of unbranched alkanes of at least 4 members (excludes halogenated alkanes) is 1. The first kappa shape index (κ1) is 29.2. The van der Waals surface area contributed by atoms with Gasteiger partial charge in [-0.05, 0) is 80.5 Å². The van der Waals surface area contributed by atoms with E-state index in [1.165, 1.54) is 0 Å². The van der Waals surface area contributed by atoms with Gasteiger partial charge in [-0.25, -0.2) is 0 Å². The Labute approximate surface area is 240 Å². The molecule has 1 aliphatic rings. The fraction of sp³-hybridized carbons (Fsp3) is 0.312. The van der Waals surface area contributed by atoms with Crippen LogP contribution in [0, 0.1) is 6.92 Å². The van der Waals surface area contributed by atoms with Gasteiger partial charge in [0.2, 0.25) is 0 Å². The molecule has 2 aromatic carbocycles. The monoisotopic (exact) mass is 558 g/mol. The van der Waals surface area contributed by atoms with Crippen LogP contribution < -0.4 is 5.73 Å². The van der Waals surface area contributed by atoms with E-state index in [1.54, 1.807) is 30.5 Å². The van der Waals surface area contributed by atoms with E-state index in [0.717, 1.165) is 47.5 Å². The minimum Gasteiger partial charge on any atom is -0.481 e. The van der Waals surface area contributed by atoms with Crippen LogP contribution in [0.3, 0.4) is 0 Å². The van der Waals surface area contributed by atoms with Gasteiger partial charge < -0.3 is 10.8 Å². The highest BCUT2D eigenvalue weighted by molar-refractivity contribution is 6.30. The van der Waals surface area contributed by atoms with Crippen molar-refractivity contribution in [1.82, 2.24) is 9.88 Å². The summed E-state index contributed by atoms with van der Waals surface area (Å²) in [7, 11) is 0. The molecule has 0 bridgehead atoms. The molecule has 2 atom stereocenters. The zero-order valence-corrected chi connectivity index (χ0v) is 23.5. The van der Waals surface area contributed by atoms with Crippen molar-refractivity contribution in [2.75, 3.05) is 18.8 Å². The highest BCUT2D eigenvalue weighted by Crippen LogP contribution is 2.29. The number of carbonyl (C=O) groups is 2. The van der Waals surface area contributed by atoms with Crippen LogP contribution in [0.4, 0.5) is 11.4 Å². The van der Waals surface area contributed by atoms with Crippen LogP contribution in [0.15, 0.2) is 72.4 Å². The number of rotatable bonds is 14. The topological polar surface area (TPSA) is 109 Å². The lowest BCUT2D eigenvalue weighted by atomic mass is 9.97. The van der Waals surface area contributed by atoms with Crippen molar-refractivity contribution in [1.29, 1.82) is 0 Å². The number of pyridine rings is 1. The summed E-state index contributed by atoms with van der Waals surface area (Å²) in [5.41, 5.74) is 12.3. The maximum Gasteiger partial charge on any atom is 0.303 e. The van der Waals surface area contributed by atoms with Crippen LogP contribution in [0.25, 0.3) is 5.57 Å². The van der Waals surface area contributed by atoms with Gasteiger partial charge in [0, 0.05) is 47.2 Å². The number of hydrogen-bond acceptors (Lipinski definition) is 6. The Morgan fingerprint density at radius 2 is 1.93 bits per heavy atom. The molecule has 1 fully saturated rings. The molecule has 0 spiro atoms. The van der Waals surface area contributed by atoms with Crippen LogP contribution in [0.5, 0.6) is 0 Å². The van der Waals surface area contributed by atoms with Gasteiger partial charge in [0.15, 0.2) is 5.78 Å². The normalized spacial score (nSPS) is 16.5. The van der Waals surface area contributed by atoms with E-state index in [4.69, 9.17) is 27.4 Å². The molecule has 0 saturated carbocycles. The first-order valence-corrected chi connectivity index (χ1v) is 13.9. The molecular weight excluding hydrogens is 524 g/mol. The maximum absolute atomic E-state index is 13.1. The summed E-state index contributed by atoms with van der Waals surface area (Å²) in [6.45, 7) is 7.52. The van der Waals surface area contributed by atoms with Gasteiger partial charge >= 0.3 is 5.97 Å². The van der Waals surface area contributed by atoms with Gasteiger partial charge in [-0.3, -0.25) is 24.5 Å². The van der Waals surface area contributed by atoms with E-state index in [2.05, 4.69) is 16.5 Å². The third kappa shape index (κ3) is 8.34. The minimum atomic E-state index is -0.818. The number of nitrogens with zero attached hydrogens (tertiary/aromatic N) is 3. The molecule has 208 valence electrons. The Balaban J connectivity index is 1.45. The Kier molecular flexibility index (Phi) is 9.85. The van der Waals surface area contributed by atoms with Gasteiger partial charge in [-0.15, -0.1) is 0 Å². The molecule has 2 heterocycles. The minimum absolute atomic E-state index is 0.0142. The van der Waals surface area contributed by atoms with Crippen LogP contribution in [-0.4, -0.2) is 51.6 Å². The molecule has 1 aromatic heterocycles. The van der Waals surface area contributed by atoms with E-state index in [-0.39, 0.29) is 12.2 Å². The average Bonchev–Trinajstić information content (AvgIpc) is 3.67. The van der Waals surface area contributed by atoms with Crippen molar-refractivity contribution in [3.05, 3.63) is 94.8 Å². The first-order valence-electron chi connectivity index (χ1n) is 13.5. The summed E-state index contributed by atoms with van der Waals surface area (Å²) >= 11 is 6.05. The highest BCUT2D eigenvalue weighted by atomic mass is 35.5. The summed E-state index contributed by atoms with van der Waals surface area (Å²) < 4.78 is 0. The molecule has 0 aliphatic carbocycles. The number of nitrogen functional groups attached to an aromatic ring is 1. The zero-order valence-electron chi connectivity index (χ0n) is 22.8. The summed E-state index contributed by atoms with van der Waals surface area (Å²) in [5.74, 6) is -0.804. The molecule has 3 N–H and O–H groups in total. The van der Waals surface area contributed by atoms with Crippen molar-refractivity contribution < 1.29 is 14.7 Å². The van der Waals surface area contributed by atoms with Crippen LogP contribution >= 0.6 is 11.6 Å². The third-order valence-corrected chi connectivity index (χ3v) is 7.30. The molecule has 4 rings (SSSR count). The van der Waals surface area contributed by atoms with E-state index in [1.807, 2.05) is 37.3 Å². The predicted octanol–water partition coefficient (Wildman–Crippen LogP) is 6.56. The third-order valence-electron chi connectivity index (χ3n) is 7.06. The zero-order chi connectivity index (χ0) is 28.6. The number of carbonyl (C=O) groups excluding carboxylic acids is 1. The Hall–Kier alpha value is -3.81. The van der Waals surface area contributed by atoms with E-state index in [9.17, 15) is 9.59 Å². The number of nitrogens with two attached hydrogens (primary N) is 1. The second kappa shape index (κ2) is 13.5. The number of aliphatic carboxylic acids is 1. The summed E-state index contributed by atoms with van der Waals surface area (Å²) in [6, 6.07) is 17.2. The molecule has 1 saturated heterocycles. The fourth-order valence-electron chi connectivity index (χ4n) is 4.67. The Bertz CT molecular complexity index is 1440. The predicted molar refractivity (Wildman–Crippen MR) is 162 cm³/mol. The van der Waals surface area contributed by atoms with Gasteiger partial charge in [0.1, 0.15) is 0 Å². The van der Waals surface area contributed by atoms with Crippen LogP contribution in [-0.2, 0) is 11.2 Å². The second-order valence-corrected chi connectivity index (χ2v) is 10.7. The molecule has 40 heavy (non-hydrogen) atoms. The quantitative estimate of drug-likeness (QED) is 0.0762. The molecule has 0 radical (unpaired) electrons.